The van der Waals surface area contributed by atoms with Gasteiger partial charge in [-0.3, -0.25) is 9.88 Å². The Kier molecular flexibility index (Phi) is 3.68. The molecule has 1 spiro atoms. The van der Waals surface area contributed by atoms with Crippen molar-refractivity contribution in [2.45, 2.75) is 24.5 Å². The first-order valence-corrected chi connectivity index (χ1v) is 6.84. The summed E-state index contributed by atoms with van der Waals surface area (Å²) in [4.78, 5) is 6.31. The quantitative estimate of drug-likeness (QED) is 0.867. The van der Waals surface area contributed by atoms with Crippen LogP contribution >= 0.6 is 0 Å². The Balaban J connectivity index is 1.56. The number of aromatic nitrogens is 1. The van der Waals surface area contributed by atoms with E-state index in [1.54, 1.807) is 12.4 Å². The second kappa shape index (κ2) is 5.45. The van der Waals surface area contributed by atoms with Crippen LogP contribution in [0, 0.1) is 0 Å². The fourth-order valence-electron chi connectivity index (χ4n) is 3.03. The van der Waals surface area contributed by atoms with E-state index in [9.17, 15) is 0 Å². The number of pyridine rings is 1. The van der Waals surface area contributed by atoms with Crippen LogP contribution in [0.15, 0.2) is 24.5 Å². The van der Waals surface area contributed by atoms with Crippen LogP contribution < -0.4 is 4.74 Å². The van der Waals surface area contributed by atoms with Crippen molar-refractivity contribution in [3.8, 4) is 5.75 Å². The standard InChI is InChI=1S/C14H20N2O3/c17-7-6-16-5-3-14(11-16)8-13(10-18-14)19-12-2-1-4-15-9-12/h1-2,4,9,13,17H,3,5-8,10-11H2. The summed E-state index contributed by atoms with van der Waals surface area (Å²) in [7, 11) is 0. The van der Waals surface area contributed by atoms with Crippen LogP contribution in [-0.4, -0.2) is 59.5 Å². The van der Waals surface area contributed by atoms with Crippen LogP contribution in [0.4, 0.5) is 0 Å². The molecule has 0 aromatic carbocycles. The van der Waals surface area contributed by atoms with Gasteiger partial charge in [-0.15, -0.1) is 0 Å². The lowest BCUT2D eigenvalue weighted by Gasteiger charge is -2.23. The van der Waals surface area contributed by atoms with E-state index in [1.807, 2.05) is 12.1 Å². The molecule has 1 aromatic heterocycles. The van der Waals surface area contributed by atoms with Crippen molar-refractivity contribution < 1.29 is 14.6 Å². The summed E-state index contributed by atoms with van der Waals surface area (Å²) in [6, 6.07) is 3.80. The van der Waals surface area contributed by atoms with Crippen LogP contribution in [0.25, 0.3) is 0 Å². The fourth-order valence-corrected chi connectivity index (χ4v) is 3.03. The lowest BCUT2D eigenvalue weighted by molar-refractivity contribution is 0.00896. The molecule has 104 valence electrons. The fraction of sp³-hybridized carbons (Fsp3) is 0.643. The predicted octanol–water partition coefficient (Wildman–Crippen LogP) is 0.686. The summed E-state index contributed by atoms with van der Waals surface area (Å²) >= 11 is 0. The number of hydrogen-bond donors (Lipinski definition) is 1. The van der Waals surface area contributed by atoms with Crippen LogP contribution in [-0.2, 0) is 4.74 Å². The summed E-state index contributed by atoms with van der Waals surface area (Å²) in [5.74, 6) is 0.804. The first kappa shape index (κ1) is 12.8. The third kappa shape index (κ3) is 2.88. The van der Waals surface area contributed by atoms with Gasteiger partial charge in [-0.1, -0.05) is 0 Å². The minimum atomic E-state index is -0.0674. The van der Waals surface area contributed by atoms with E-state index in [2.05, 4.69) is 9.88 Å². The molecule has 0 amide bonds. The first-order valence-electron chi connectivity index (χ1n) is 6.84. The molecule has 0 bridgehead atoms. The molecular weight excluding hydrogens is 244 g/mol. The van der Waals surface area contributed by atoms with Crippen molar-refractivity contribution in [3.05, 3.63) is 24.5 Å². The number of likely N-dealkylation sites (tertiary alicyclic amines) is 1. The van der Waals surface area contributed by atoms with E-state index < -0.39 is 0 Å². The molecule has 0 saturated carbocycles. The van der Waals surface area contributed by atoms with Gasteiger partial charge in [0.25, 0.3) is 0 Å². The van der Waals surface area contributed by atoms with Gasteiger partial charge in [0.2, 0.25) is 0 Å². The highest BCUT2D eigenvalue weighted by Crippen LogP contribution is 2.36. The van der Waals surface area contributed by atoms with E-state index in [0.717, 1.165) is 38.2 Å². The highest BCUT2D eigenvalue weighted by molar-refractivity contribution is 5.16. The summed E-state index contributed by atoms with van der Waals surface area (Å²) < 4.78 is 11.9. The van der Waals surface area contributed by atoms with Gasteiger partial charge in [0.05, 0.1) is 25.0 Å². The minimum Gasteiger partial charge on any atom is -0.486 e. The van der Waals surface area contributed by atoms with E-state index in [4.69, 9.17) is 14.6 Å². The molecule has 0 aliphatic carbocycles. The number of ether oxygens (including phenoxy) is 2. The van der Waals surface area contributed by atoms with Crippen LogP contribution in [0.5, 0.6) is 5.75 Å². The predicted molar refractivity (Wildman–Crippen MR) is 70.1 cm³/mol. The van der Waals surface area contributed by atoms with Crippen molar-refractivity contribution in [3.63, 3.8) is 0 Å². The average Bonchev–Trinajstić information content (AvgIpc) is 2.99. The maximum atomic E-state index is 8.99. The smallest absolute Gasteiger partial charge is 0.138 e. The normalized spacial score (nSPS) is 31.1. The van der Waals surface area contributed by atoms with E-state index in [1.165, 1.54) is 0 Å². The molecule has 3 heterocycles. The SMILES string of the molecule is OCCN1CCC2(CC(Oc3cccnc3)CO2)C1. The van der Waals surface area contributed by atoms with Crippen LogP contribution in [0.3, 0.4) is 0 Å². The molecule has 5 nitrogen and oxygen atoms in total. The molecule has 2 unspecified atom stereocenters. The van der Waals surface area contributed by atoms with Gasteiger partial charge in [0.1, 0.15) is 11.9 Å². The second-order valence-corrected chi connectivity index (χ2v) is 5.38. The van der Waals surface area contributed by atoms with Gasteiger partial charge in [-0.25, -0.2) is 0 Å². The molecule has 5 heteroatoms. The number of β-amino-alcohol motifs (C(OH)–C–C–N with tert-alkyl or cyclic N) is 1. The largest absolute Gasteiger partial charge is 0.486 e. The molecule has 2 aliphatic heterocycles. The van der Waals surface area contributed by atoms with Crippen molar-refractivity contribution in [1.82, 2.24) is 9.88 Å². The van der Waals surface area contributed by atoms with E-state index in [-0.39, 0.29) is 18.3 Å². The maximum absolute atomic E-state index is 8.99. The highest BCUT2D eigenvalue weighted by Gasteiger charge is 2.46. The van der Waals surface area contributed by atoms with Crippen molar-refractivity contribution in [2.24, 2.45) is 0 Å². The Morgan fingerprint density at radius 3 is 3.32 bits per heavy atom. The van der Waals surface area contributed by atoms with E-state index in [0.29, 0.717) is 6.61 Å². The Labute approximate surface area is 113 Å². The zero-order chi connectivity index (χ0) is 13.1. The van der Waals surface area contributed by atoms with E-state index >= 15 is 0 Å². The van der Waals surface area contributed by atoms with Crippen LogP contribution in [0.1, 0.15) is 12.8 Å². The lowest BCUT2D eigenvalue weighted by Crippen LogP contribution is -2.34. The molecule has 2 saturated heterocycles. The van der Waals surface area contributed by atoms with Crippen molar-refractivity contribution >= 4 is 0 Å². The summed E-state index contributed by atoms with van der Waals surface area (Å²) in [6.45, 7) is 3.49. The second-order valence-electron chi connectivity index (χ2n) is 5.38. The van der Waals surface area contributed by atoms with Gasteiger partial charge in [0, 0.05) is 32.3 Å². The minimum absolute atomic E-state index is 0.0674. The molecule has 1 aromatic rings. The first-order chi connectivity index (χ1) is 9.30. The topological polar surface area (TPSA) is 54.8 Å². The Bertz CT molecular complexity index is 414. The molecule has 19 heavy (non-hydrogen) atoms. The number of nitrogens with zero attached hydrogens (tertiary/aromatic N) is 2. The monoisotopic (exact) mass is 264 g/mol. The summed E-state index contributed by atoms with van der Waals surface area (Å²) in [5.41, 5.74) is -0.0674. The van der Waals surface area contributed by atoms with Gasteiger partial charge < -0.3 is 14.6 Å². The zero-order valence-corrected chi connectivity index (χ0v) is 11.0. The number of rotatable bonds is 4. The highest BCUT2D eigenvalue weighted by atomic mass is 16.6. The number of aliphatic hydroxyl groups is 1. The molecular formula is C14H20N2O3. The molecule has 2 aliphatic rings. The summed E-state index contributed by atoms with van der Waals surface area (Å²) in [5, 5.41) is 8.99. The van der Waals surface area contributed by atoms with Crippen LogP contribution in [0.2, 0.25) is 0 Å². The summed E-state index contributed by atoms with van der Waals surface area (Å²) in [6.07, 6.45) is 5.53. The lowest BCUT2D eigenvalue weighted by atomic mass is 9.98. The zero-order valence-electron chi connectivity index (χ0n) is 11.0. The third-order valence-corrected chi connectivity index (χ3v) is 3.92. The third-order valence-electron chi connectivity index (χ3n) is 3.92. The molecule has 3 rings (SSSR count). The molecule has 0 radical (unpaired) electrons. The van der Waals surface area contributed by atoms with Crippen molar-refractivity contribution in [1.29, 1.82) is 0 Å². The van der Waals surface area contributed by atoms with Gasteiger partial charge in [-0.05, 0) is 18.6 Å². The molecule has 2 atom stereocenters. The number of hydrogen-bond acceptors (Lipinski definition) is 5. The Morgan fingerprint density at radius 2 is 2.53 bits per heavy atom. The van der Waals surface area contributed by atoms with Crippen molar-refractivity contribution in [2.75, 3.05) is 32.8 Å². The van der Waals surface area contributed by atoms with Gasteiger partial charge in [-0.2, -0.15) is 0 Å². The number of aliphatic hydroxyl groups excluding tert-OH is 1. The Morgan fingerprint density at radius 1 is 1.58 bits per heavy atom. The van der Waals surface area contributed by atoms with Gasteiger partial charge >= 0.3 is 0 Å². The average molecular weight is 264 g/mol. The van der Waals surface area contributed by atoms with Gasteiger partial charge in [0.15, 0.2) is 0 Å². The Hall–Kier alpha value is -1.17. The molecule has 1 N–H and O–H groups in total. The molecule has 2 fully saturated rings. The maximum Gasteiger partial charge on any atom is 0.138 e.